The fraction of sp³-hybridized carbons (Fsp3) is 0. The van der Waals surface area contributed by atoms with E-state index in [1.807, 2.05) is 0 Å². The van der Waals surface area contributed by atoms with Crippen LogP contribution in [0.3, 0.4) is 0 Å². The number of benzene rings is 1. The third-order valence-electron chi connectivity index (χ3n) is 1.42. The summed E-state index contributed by atoms with van der Waals surface area (Å²) in [5.41, 5.74) is 0. The summed E-state index contributed by atoms with van der Waals surface area (Å²) in [5.74, 6) is 0. The number of hydrogen-bond donors (Lipinski definition) is 2. The van der Waals surface area contributed by atoms with Crippen molar-refractivity contribution in [2.24, 2.45) is 0 Å². The molecule has 0 unspecified atom stereocenters. The Hall–Kier alpha value is 0.845. The van der Waals surface area contributed by atoms with Gasteiger partial charge in [-0.3, -0.25) is 9.11 Å². The fourth-order valence-electron chi connectivity index (χ4n) is 0.784. The molecule has 0 spiro atoms. The SMILES string of the molecule is O=S(=O)(O)c1ccc(S(=O)(=O)O)cc1.[RbH]. The van der Waals surface area contributed by atoms with Gasteiger partial charge < -0.3 is 0 Å². The zero-order chi connectivity index (χ0) is 11.0. The van der Waals surface area contributed by atoms with Gasteiger partial charge >= 0.3 is 58.2 Å². The molecule has 0 amide bonds. The van der Waals surface area contributed by atoms with Gasteiger partial charge in [0.15, 0.2) is 0 Å². The average Bonchev–Trinajstić information content (AvgIpc) is 2.01. The Morgan fingerprint density at radius 2 is 0.933 bits per heavy atom. The maximum atomic E-state index is 10.5. The molecule has 15 heavy (non-hydrogen) atoms. The van der Waals surface area contributed by atoms with E-state index in [1.165, 1.54) is 0 Å². The fourth-order valence-corrected chi connectivity index (χ4v) is 1.74. The van der Waals surface area contributed by atoms with Crippen LogP contribution in [0.1, 0.15) is 0 Å². The molecule has 0 aliphatic rings. The summed E-state index contributed by atoms with van der Waals surface area (Å²) in [6.07, 6.45) is 0. The summed E-state index contributed by atoms with van der Waals surface area (Å²) >= 11 is 0. The molecule has 6 nitrogen and oxygen atoms in total. The van der Waals surface area contributed by atoms with E-state index in [2.05, 4.69) is 0 Å². The first-order valence-corrected chi connectivity index (χ1v) is 6.14. The second-order valence-electron chi connectivity index (χ2n) is 2.42. The molecule has 0 radical (unpaired) electrons. The predicted molar refractivity (Wildman–Crippen MR) is 53.2 cm³/mol. The van der Waals surface area contributed by atoms with Gasteiger partial charge in [0.2, 0.25) is 0 Å². The first-order valence-electron chi connectivity index (χ1n) is 3.26. The van der Waals surface area contributed by atoms with Gasteiger partial charge in [-0.1, -0.05) is 0 Å². The van der Waals surface area contributed by atoms with Crippen molar-refractivity contribution in [1.82, 2.24) is 0 Å². The summed E-state index contributed by atoms with van der Waals surface area (Å²) in [6.45, 7) is 0. The van der Waals surface area contributed by atoms with Gasteiger partial charge in [0.25, 0.3) is 20.2 Å². The van der Waals surface area contributed by atoms with Crippen LogP contribution >= 0.6 is 0 Å². The molecule has 0 atom stereocenters. The predicted octanol–water partition coefficient (Wildman–Crippen LogP) is -0.468. The van der Waals surface area contributed by atoms with Crippen molar-refractivity contribution in [3.63, 3.8) is 0 Å². The van der Waals surface area contributed by atoms with Crippen molar-refractivity contribution in [1.29, 1.82) is 0 Å². The van der Waals surface area contributed by atoms with Crippen molar-refractivity contribution in [3.8, 4) is 0 Å². The van der Waals surface area contributed by atoms with Crippen molar-refractivity contribution in [2.45, 2.75) is 9.79 Å². The summed E-state index contributed by atoms with van der Waals surface area (Å²) in [6, 6.07) is 3.49. The molecular weight excluding hydrogens is 318 g/mol. The normalized spacial score (nSPS) is 11.9. The Morgan fingerprint density at radius 1 is 0.733 bits per heavy atom. The Balaban J connectivity index is 0.00000196. The molecule has 0 aliphatic carbocycles. The van der Waals surface area contributed by atoms with E-state index in [4.69, 9.17) is 9.11 Å². The Bertz CT molecular complexity index is 478. The van der Waals surface area contributed by atoms with Crippen LogP contribution in [0.15, 0.2) is 34.1 Å². The molecule has 1 aromatic rings. The number of rotatable bonds is 2. The molecule has 0 aromatic heterocycles. The minimum absolute atomic E-state index is 0. The summed E-state index contributed by atoms with van der Waals surface area (Å²) in [7, 11) is -8.68. The zero-order valence-corrected chi connectivity index (χ0v) is 8.29. The van der Waals surface area contributed by atoms with E-state index in [9.17, 15) is 16.8 Å². The molecule has 0 aliphatic heterocycles. The van der Waals surface area contributed by atoms with Gasteiger partial charge in [-0.05, 0) is 24.3 Å². The van der Waals surface area contributed by atoms with Gasteiger partial charge in [-0.2, -0.15) is 16.8 Å². The van der Waals surface area contributed by atoms with Crippen LogP contribution in [-0.4, -0.2) is 84.1 Å². The van der Waals surface area contributed by atoms with Crippen molar-refractivity contribution >= 4 is 78.4 Å². The van der Waals surface area contributed by atoms with Crippen LogP contribution < -0.4 is 0 Å². The third-order valence-corrected chi connectivity index (χ3v) is 3.16. The van der Waals surface area contributed by atoms with E-state index in [1.54, 1.807) is 0 Å². The van der Waals surface area contributed by atoms with Gasteiger partial charge in [-0.25, -0.2) is 0 Å². The van der Waals surface area contributed by atoms with Crippen LogP contribution in [0.25, 0.3) is 0 Å². The third kappa shape index (κ3) is 4.69. The average molecular weight is 325 g/mol. The Labute approximate surface area is 136 Å². The topological polar surface area (TPSA) is 109 Å². The quantitative estimate of drug-likeness (QED) is 0.712. The van der Waals surface area contributed by atoms with Gasteiger partial charge in [0.1, 0.15) is 0 Å². The van der Waals surface area contributed by atoms with E-state index in [-0.39, 0.29) is 58.2 Å². The van der Waals surface area contributed by atoms with Gasteiger partial charge in [0, 0.05) is 0 Å². The molecule has 1 aromatic carbocycles. The van der Waals surface area contributed by atoms with Crippen LogP contribution in [-0.2, 0) is 20.2 Å². The Morgan fingerprint density at radius 3 is 1.07 bits per heavy atom. The molecule has 0 saturated carbocycles. The first kappa shape index (κ1) is 15.8. The second-order valence-corrected chi connectivity index (χ2v) is 5.26. The van der Waals surface area contributed by atoms with Crippen molar-refractivity contribution < 1.29 is 25.9 Å². The van der Waals surface area contributed by atoms with E-state index >= 15 is 0 Å². The second kappa shape index (κ2) is 5.45. The van der Waals surface area contributed by atoms with Crippen LogP contribution in [0.2, 0.25) is 0 Å². The van der Waals surface area contributed by atoms with Crippen molar-refractivity contribution in [2.75, 3.05) is 0 Å². The maximum absolute atomic E-state index is 10.5. The summed E-state index contributed by atoms with van der Waals surface area (Å²) in [5, 5.41) is 0. The molecule has 0 heterocycles. The van der Waals surface area contributed by atoms with Crippen molar-refractivity contribution in [3.05, 3.63) is 24.3 Å². The summed E-state index contributed by atoms with van der Waals surface area (Å²) < 4.78 is 59.2. The molecule has 9 heteroatoms. The molecule has 0 bridgehead atoms. The molecule has 2 N–H and O–H groups in total. The van der Waals surface area contributed by atoms with Gasteiger partial charge in [0.05, 0.1) is 9.79 Å². The standard InChI is InChI=1S/C6H6O6S2.Rb.H/c7-13(8,9)5-1-2-6(4-3-5)14(10,11)12;;/h1-4H,(H,7,8,9)(H,10,11,12);;. The molecular formula is C6H7O6RbS2. The Kier molecular flexibility index (Phi) is 5.76. The number of hydrogen-bond acceptors (Lipinski definition) is 4. The monoisotopic (exact) mass is 324 g/mol. The van der Waals surface area contributed by atoms with Crippen LogP contribution in [0.5, 0.6) is 0 Å². The molecule has 1 rings (SSSR count). The molecule has 80 valence electrons. The minimum atomic E-state index is -4.34. The van der Waals surface area contributed by atoms with Crippen LogP contribution in [0.4, 0.5) is 0 Å². The van der Waals surface area contributed by atoms with Crippen LogP contribution in [0, 0.1) is 0 Å². The summed E-state index contributed by atoms with van der Waals surface area (Å²) in [4.78, 5) is -0.880. The zero-order valence-electron chi connectivity index (χ0n) is 6.65. The van der Waals surface area contributed by atoms with E-state index in [0.29, 0.717) is 0 Å². The first-order chi connectivity index (χ1) is 6.21. The van der Waals surface area contributed by atoms with E-state index in [0.717, 1.165) is 24.3 Å². The van der Waals surface area contributed by atoms with E-state index < -0.39 is 30.0 Å². The molecule has 0 fully saturated rings. The molecule has 0 saturated heterocycles. The van der Waals surface area contributed by atoms with Gasteiger partial charge in [-0.15, -0.1) is 0 Å².